The minimum Gasteiger partial charge on any atom is -0.464 e. The first-order valence-electron chi connectivity index (χ1n) is 19.4. The van der Waals surface area contributed by atoms with Crippen LogP contribution in [0, 0.1) is 0 Å². The van der Waals surface area contributed by atoms with Gasteiger partial charge in [0.25, 0.3) is 0 Å². The number of amides is 3. The second-order valence-corrected chi connectivity index (χ2v) is 14.1. The fourth-order valence-corrected chi connectivity index (χ4v) is 7.27. The number of rotatable bonds is 16. The first-order chi connectivity index (χ1) is 27.3. The largest absolute Gasteiger partial charge is 0.464 e. The van der Waals surface area contributed by atoms with Gasteiger partial charge in [0.2, 0.25) is 12.7 Å². The van der Waals surface area contributed by atoms with Gasteiger partial charge in [-0.05, 0) is 49.8 Å². The molecule has 3 aliphatic rings. The number of hydrogen-bond acceptors (Lipinski definition) is 11. The van der Waals surface area contributed by atoms with E-state index in [1.54, 1.807) is 13.0 Å². The SMILES string of the molecule is CCOC(=O)[C@H](Cc1ccccc1)NC(=O)CC[C@@H]1C[C@@H](OC(=O)NCc2cccc3c2OCO3)C[C@@]2(CCC[C@H](COC(=O)NCCc3ccccc3)O2)O1. The molecule has 14 heteroatoms. The highest BCUT2D eigenvalue weighted by Gasteiger charge is 2.47. The summed E-state index contributed by atoms with van der Waals surface area (Å²) in [5, 5.41) is 8.44. The van der Waals surface area contributed by atoms with Crippen molar-refractivity contribution in [1.82, 2.24) is 16.0 Å². The maximum atomic E-state index is 13.3. The number of nitrogens with one attached hydrogen (secondary N) is 3. The number of esters is 1. The van der Waals surface area contributed by atoms with Crippen LogP contribution in [0.15, 0.2) is 78.9 Å². The predicted molar refractivity (Wildman–Crippen MR) is 203 cm³/mol. The minimum atomic E-state index is -1.13. The first kappa shape index (κ1) is 40.3. The van der Waals surface area contributed by atoms with E-state index in [0.717, 1.165) is 23.1 Å². The van der Waals surface area contributed by atoms with Crippen molar-refractivity contribution in [3.8, 4) is 11.5 Å². The van der Waals surface area contributed by atoms with Gasteiger partial charge in [0.15, 0.2) is 17.3 Å². The van der Waals surface area contributed by atoms with Crippen molar-refractivity contribution in [2.75, 3.05) is 26.6 Å². The summed E-state index contributed by atoms with van der Waals surface area (Å²) in [5.74, 6) is -0.786. The van der Waals surface area contributed by atoms with Gasteiger partial charge in [-0.25, -0.2) is 14.4 Å². The van der Waals surface area contributed by atoms with Crippen molar-refractivity contribution in [1.29, 1.82) is 0 Å². The number of benzene rings is 3. The molecular formula is C42H51N3O11. The van der Waals surface area contributed by atoms with Crippen LogP contribution < -0.4 is 25.4 Å². The molecule has 2 saturated heterocycles. The molecule has 14 nitrogen and oxygen atoms in total. The molecule has 56 heavy (non-hydrogen) atoms. The first-order valence-corrected chi connectivity index (χ1v) is 19.4. The summed E-state index contributed by atoms with van der Waals surface area (Å²) in [4.78, 5) is 51.8. The number of carbonyl (C=O) groups is 4. The summed E-state index contributed by atoms with van der Waals surface area (Å²) in [5.41, 5.74) is 2.74. The summed E-state index contributed by atoms with van der Waals surface area (Å²) in [7, 11) is 0. The molecule has 0 aromatic heterocycles. The molecule has 3 heterocycles. The molecule has 3 amide bonds. The molecule has 0 unspecified atom stereocenters. The Morgan fingerprint density at radius 1 is 0.857 bits per heavy atom. The monoisotopic (exact) mass is 773 g/mol. The van der Waals surface area contributed by atoms with E-state index in [0.29, 0.717) is 43.7 Å². The molecule has 2 fully saturated rings. The van der Waals surface area contributed by atoms with Crippen LogP contribution in [0.3, 0.4) is 0 Å². The molecule has 0 saturated carbocycles. The van der Waals surface area contributed by atoms with E-state index < -0.39 is 48.3 Å². The quantitative estimate of drug-likeness (QED) is 0.124. The summed E-state index contributed by atoms with van der Waals surface area (Å²) in [6.07, 6.45) is 0.990. The number of carbonyl (C=O) groups excluding carboxylic acids is 4. The Morgan fingerprint density at radius 2 is 1.62 bits per heavy atom. The second kappa shape index (κ2) is 20.0. The number of alkyl carbamates (subject to hydrolysis) is 2. The molecule has 0 bridgehead atoms. The average Bonchev–Trinajstić information content (AvgIpc) is 3.69. The third kappa shape index (κ3) is 11.8. The van der Waals surface area contributed by atoms with Crippen LogP contribution >= 0.6 is 0 Å². The highest BCUT2D eigenvalue weighted by molar-refractivity contribution is 5.84. The summed E-state index contributed by atoms with van der Waals surface area (Å²) in [6, 6.07) is 23.9. The van der Waals surface area contributed by atoms with Crippen molar-refractivity contribution >= 4 is 24.1 Å². The zero-order valence-corrected chi connectivity index (χ0v) is 31.7. The van der Waals surface area contributed by atoms with Crippen LogP contribution in [0.2, 0.25) is 0 Å². The molecule has 0 aliphatic carbocycles. The number of para-hydroxylation sites is 1. The fraction of sp³-hybridized carbons (Fsp3) is 0.476. The minimum absolute atomic E-state index is 0.0191. The molecule has 300 valence electrons. The van der Waals surface area contributed by atoms with Gasteiger partial charge in [-0.1, -0.05) is 72.8 Å². The number of ether oxygens (including phenoxy) is 7. The molecular weight excluding hydrogens is 722 g/mol. The van der Waals surface area contributed by atoms with Gasteiger partial charge < -0.3 is 49.1 Å². The van der Waals surface area contributed by atoms with Crippen molar-refractivity contribution in [2.24, 2.45) is 0 Å². The smallest absolute Gasteiger partial charge is 0.407 e. The van der Waals surface area contributed by atoms with Crippen LogP contribution in [0.25, 0.3) is 0 Å². The van der Waals surface area contributed by atoms with Crippen LogP contribution in [-0.4, -0.2) is 80.8 Å². The van der Waals surface area contributed by atoms with Crippen LogP contribution in [-0.2, 0) is 52.7 Å². The van der Waals surface area contributed by atoms with Gasteiger partial charge in [-0.2, -0.15) is 0 Å². The van der Waals surface area contributed by atoms with Gasteiger partial charge in [-0.3, -0.25) is 4.79 Å². The summed E-state index contributed by atoms with van der Waals surface area (Å²) < 4.78 is 40.9. The maximum absolute atomic E-state index is 13.3. The Bertz CT molecular complexity index is 1760. The van der Waals surface area contributed by atoms with Gasteiger partial charge in [0, 0.05) is 50.8 Å². The van der Waals surface area contributed by atoms with E-state index in [4.69, 9.17) is 33.2 Å². The van der Waals surface area contributed by atoms with E-state index in [1.807, 2.05) is 72.8 Å². The van der Waals surface area contributed by atoms with Gasteiger partial charge in [0.1, 0.15) is 18.8 Å². The second-order valence-electron chi connectivity index (χ2n) is 14.1. The zero-order valence-electron chi connectivity index (χ0n) is 31.7. The van der Waals surface area contributed by atoms with Crippen molar-refractivity contribution in [2.45, 2.75) is 101 Å². The molecule has 3 aromatic rings. The topological polar surface area (TPSA) is 169 Å². The Labute approximate surface area is 326 Å². The lowest BCUT2D eigenvalue weighted by molar-refractivity contribution is -0.329. The molecule has 6 rings (SSSR count). The van der Waals surface area contributed by atoms with E-state index in [1.165, 1.54) is 0 Å². The van der Waals surface area contributed by atoms with E-state index >= 15 is 0 Å². The highest BCUT2D eigenvalue weighted by Crippen LogP contribution is 2.41. The zero-order chi connectivity index (χ0) is 39.2. The van der Waals surface area contributed by atoms with Crippen molar-refractivity contribution in [3.05, 3.63) is 95.6 Å². The van der Waals surface area contributed by atoms with Gasteiger partial charge in [0.05, 0.1) is 18.8 Å². The van der Waals surface area contributed by atoms with E-state index in [9.17, 15) is 19.2 Å². The lowest BCUT2D eigenvalue weighted by Crippen LogP contribution is -2.54. The van der Waals surface area contributed by atoms with Gasteiger partial charge >= 0.3 is 18.2 Å². The third-order valence-corrected chi connectivity index (χ3v) is 9.89. The van der Waals surface area contributed by atoms with Gasteiger partial charge in [-0.15, -0.1) is 0 Å². The summed E-state index contributed by atoms with van der Waals surface area (Å²) in [6.45, 7) is 2.63. The standard InChI is InChI=1S/C42H51N3O11/c1-2-50-39(47)35(23-30-13-7-4-8-14-30)45-37(46)19-18-32-24-34(54-41(49)44-26-31-15-9-17-36-38(31)53-28-52-36)25-42(55-32)21-10-16-33(56-42)27-51-40(48)43-22-20-29-11-5-3-6-12-29/h3-9,11-15,17,32-35H,2,10,16,18-28H2,1H3,(H,43,48)(H,44,49)(H,45,46)/t32-,33-,34-,35+,42+/m1/s1. The third-order valence-electron chi connectivity index (χ3n) is 9.89. The summed E-state index contributed by atoms with van der Waals surface area (Å²) >= 11 is 0. The van der Waals surface area contributed by atoms with E-state index in [-0.39, 0.29) is 58.1 Å². The maximum Gasteiger partial charge on any atom is 0.407 e. The van der Waals surface area contributed by atoms with Crippen LogP contribution in [0.1, 0.15) is 68.6 Å². The molecule has 3 aliphatic heterocycles. The Kier molecular flexibility index (Phi) is 14.4. The predicted octanol–water partition coefficient (Wildman–Crippen LogP) is 5.49. The Balaban J connectivity index is 1.06. The van der Waals surface area contributed by atoms with Crippen molar-refractivity contribution in [3.63, 3.8) is 0 Å². The number of fused-ring (bicyclic) bond motifs is 1. The van der Waals surface area contributed by atoms with Crippen LogP contribution in [0.4, 0.5) is 9.59 Å². The molecule has 3 N–H and O–H groups in total. The average molecular weight is 774 g/mol. The highest BCUT2D eigenvalue weighted by atomic mass is 16.7. The van der Waals surface area contributed by atoms with E-state index in [2.05, 4.69) is 16.0 Å². The molecule has 0 radical (unpaired) electrons. The fourth-order valence-electron chi connectivity index (χ4n) is 7.27. The molecule has 5 atom stereocenters. The lowest BCUT2D eigenvalue weighted by atomic mass is 9.90. The van der Waals surface area contributed by atoms with Crippen molar-refractivity contribution < 1.29 is 52.3 Å². The number of hydrogen-bond donors (Lipinski definition) is 3. The Morgan fingerprint density at radius 3 is 2.41 bits per heavy atom. The van der Waals surface area contributed by atoms with Crippen LogP contribution in [0.5, 0.6) is 11.5 Å². The lowest BCUT2D eigenvalue weighted by Gasteiger charge is -2.47. The molecule has 3 aromatic carbocycles. The molecule has 1 spiro atoms. The normalized spacial score (nSPS) is 21.7. The Hall–Kier alpha value is -5.34.